The second-order valence-corrected chi connectivity index (χ2v) is 5.51. The first-order chi connectivity index (χ1) is 11.4. The maximum absolute atomic E-state index is 8.76. The van der Waals surface area contributed by atoms with Crippen LogP contribution in [0.5, 0.6) is 17.2 Å². The summed E-state index contributed by atoms with van der Waals surface area (Å²) in [7, 11) is 0. The Morgan fingerprint density at radius 2 is 0.560 bits per heavy atom. The summed E-state index contributed by atoms with van der Waals surface area (Å²) in [6.45, 7) is 5.96. The molecule has 0 unspecified atom stereocenters. The van der Waals surface area contributed by atoms with Crippen molar-refractivity contribution < 1.29 is 41.2 Å². The molecular weight excluding hydrogens is 345 g/mol. The monoisotopic (exact) mass is 369 g/mol. The van der Waals surface area contributed by atoms with Crippen molar-refractivity contribution in [3.8, 4) is 17.2 Å². The van der Waals surface area contributed by atoms with E-state index in [1.807, 2.05) is 57.2 Å². The molecule has 0 fully saturated rings. The van der Waals surface area contributed by atoms with E-state index in [0.29, 0.717) is 17.2 Å². The van der Waals surface area contributed by atoms with Crippen LogP contribution >= 0.6 is 0 Å². The smallest absolute Gasteiger partial charge is 0.115 e. The quantitative estimate of drug-likeness (QED) is 0.517. The van der Waals surface area contributed by atoms with Gasteiger partial charge in [-0.3, -0.25) is 0 Å². The van der Waals surface area contributed by atoms with Gasteiger partial charge in [-0.05, 0) is 57.2 Å². The SMILES string of the molecule is Cc1ccc(O)cc1.Cc1ccc(O)cc1.Cc1ccc(O)cc1.[Sc]. The van der Waals surface area contributed by atoms with Crippen molar-refractivity contribution in [2.45, 2.75) is 20.8 Å². The van der Waals surface area contributed by atoms with Gasteiger partial charge in [0.15, 0.2) is 0 Å². The summed E-state index contributed by atoms with van der Waals surface area (Å²) in [4.78, 5) is 0. The molecule has 0 amide bonds. The van der Waals surface area contributed by atoms with E-state index < -0.39 is 0 Å². The molecule has 3 rings (SSSR count). The van der Waals surface area contributed by atoms with Gasteiger partial charge in [-0.15, -0.1) is 0 Å². The molecule has 0 aliphatic heterocycles. The van der Waals surface area contributed by atoms with Crippen LogP contribution in [0.25, 0.3) is 0 Å². The Kier molecular flexibility index (Phi) is 11.3. The van der Waals surface area contributed by atoms with Crippen molar-refractivity contribution in [3.63, 3.8) is 0 Å². The van der Waals surface area contributed by atoms with E-state index in [1.54, 1.807) is 36.4 Å². The van der Waals surface area contributed by atoms with E-state index in [9.17, 15) is 0 Å². The van der Waals surface area contributed by atoms with Crippen LogP contribution in [0.3, 0.4) is 0 Å². The fourth-order valence-corrected chi connectivity index (χ4v) is 1.63. The molecule has 0 heterocycles. The van der Waals surface area contributed by atoms with Crippen LogP contribution in [0.1, 0.15) is 16.7 Å². The van der Waals surface area contributed by atoms with E-state index >= 15 is 0 Å². The number of hydrogen-bond acceptors (Lipinski definition) is 3. The Hall–Kier alpha value is -2.07. The van der Waals surface area contributed by atoms with Crippen LogP contribution in [0.4, 0.5) is 0 Å². The largest absolute Gasteiger partial charge is 0.508 e. The molecular formula is C21H24O3Sc. The van der Waals surface area contributed by atoms with Gasteiger partial charge in [-0.2, -0.15) is 0 Å². The fourth-order valence-electron chi connectivity index (χ4n) is 1.63. The zero-order valence-electron chi connectivity index (χ0n) is 14.8. The third-order valence-electron chi connectivity index (χ3n) is 3.10. The van der Waals surface area contributed by atoms with Gasteiger partial charge < -0.3 is 15.3 Å². The van der Waals surface area contributed by atoms with E-state index in [2.05, 4.69) is 0 Å². The zero-order chi connectivity index (χ0) is 17.9. The molecule has 0 saturated carbocycles. The predicted octanol–water partition coefficient (Wildman–Crippen LogP) is 5.10. The molecule has 0 atom stereocenters. The Balaban J connectivity index is 0.000000339. The molecule has 4 heteroatoms. The molecule has 3 N–H and O–H groups in total. The molecule has 0 aliphatic rings. The summed E-state index contributed by atoms with van der Waals surface area (Å²) in [6, 6.07) is 21.3. The van der Waals surface area contributed by atoms with Gasteiger partial charge in [0.25, 0.3) is 0 Å². The maximum atomic E-state index is 8.76. The van der Waals surface area contributed by atoms with Gasteiger partial charge in [0.2, 0.25) is 0 Å². The summed E-state index contributed by atoms with van der Waals surface area (Å²) in [5.41, 5.74) is 3.51. The fraction of sp³-hybridized carbons (Fsp3) is 0.143. The van der Waals surface area contributed by atoms with Gasteiger partial charge >= 0.3 is 0 Å². The normalized spacial score (nSPS) is 8.76. The number of aryl methyl sites for hydroxylation is 3. The van der Waals surface area contributed by atoms with Gasteiger partial charge in [-0.25, -0.2) is 0 Å². The standard InChI is InChI=1S/3C7H8O.Sc/c3*1-6-2-4-7(8)5-3-6;/h3*2-5,8H,1H3;. The van der Waals surface area contributed by atoms with Crippen molar-refractivity contribution >= 4 is 0 Å². The van der Waals surface area contributed by atoms with E-state index in [0.717, 1.165) is 0 Å². The van der Waals surface area contributed by atoms with Crippen LogP contribution in [0, 0.1) is 20.8 Å². The van der Waals surface area contributed by atoms with Crippen LogP contribution in [0.15, 0.2) is 72.8 Å². The van der Waals surface area contributed by atoms with Gasteiger partial charge in [0.05, 0.1) is 0 Å². The van der Waals surface area contributed by atoms with Crippen LogP contribution in [-0.2, 0) is 25.8 Å². The van der Waals surface area contributed by atoms with Crippen LogP contribution in [0.2, 0.25) is 0 Å². The molecule has 0 saturated heterocycles. The molecule has 3 aromatic rings. The summed E-state index contributed by atoms with van der Waals surface area (Å²) in [5.74, 6) is 0.988. The van der Waals surface area contributed by atoms with Gasteiger partial charge in [-0.1, -0.05) is 53.1 Å². The average molecular weight is 369 g/mol. The van der Waals surface area contributed by atoms with Crippen LogP contribution < -0.4 is 0 Å². The number of benzene rings is 3. The number of aromatic hydroxyl groups is 3. The topological polar surface area (TPSA) is 60.7 Å². The summed E-state index contributed by atoms with van der Waals surface area (Å²) < 4.78 is 0. The average Bonchev–Trinajstić information content (AvgIpc) is 2.57. The molecule has 3 aromatic carbocycles. The molecule has 129 valence electrons. The Labute approximate surface area is 168 Å². The first-order valence-electron chi connectivity index (χ1n) is 7.63. The zero-order valence-corrected chi connectivity index (χ0v) is 16.7. The second-order valence-electron chi connectivity index (χ2n) is 5.51. The second kappa shape index (κ2) is 12.3. The van der Waals surface area contributed by atoms with Gasteiger partial charge in [0, 0.05) is 25.8 Å². The minimum absolute atomic E-state index is 0. The number of phenols is 3. The summed E-state index contributed by atoms with van der Waals surface area (Å²) in [6.07, 6.45) is 0. The summed E-state index contributed by atoms with van der Waals surface area (Å²) >= 11 is 0. The Morgan fingerprint density at radius 1 is 0.400 bits per heavy atom. The van der Waals surface area contributed by atoms with Crippen LogP contribution in [-0.4, -0.2) is 15.3 Å². The molecule has 0 aliphatic carbocycles. The first-order valence-corrected chi connectivity index (χ1v) is 7.63. The molecule has 0 spiro atoms. The number of phenolic OH excluding ortho intramolecular Hbond substituents is 3. The van der Waals surface area contributed by atoms with Crippen molar-refractivity contribution in [2.24, 2.45) is 0 Å². The van der Waals surface area contributed by atoms with Crippen molar-refractivity contribution in [3.05, 3.63) is 89.5 Å². The van der Waals surface area contributed by atoms with Crippen molar-refractivity contribution in [1.82, 2.24) is 0 Å². The van der Waals surface area contributed by atoms with E-state index in [-0.39, 0.29) is 25.8 Å². The third-order valence-corrected chi connectivity index (χ3v) is 3.10. The van der Waals surface area contributed by atoms with Gasteiger partial charge in [0.1, 0.15) is 17.2 Å². The predicted molar refractivity (Wildman–Crippen MR) is 98.5 cm³/mol. The third kappa shape index (κ3) is 11.2. The molecule has 0 bridgehead atoms. The number of rotatable bonds is 0. The Bertz CT molecular complexity index is 539. The van der Waals surface area contributed by atoms with E-state index in [4.69, 9.17) is 15.3 Å². The first kappa shape index (κ1) is 22.9. The Morgan fingerprint density at radius 3 is 0.680 bits per heavy atom. The molecule has 25 heavy (non-hydrogen) atoms. The number of hydrogen-bond donors (Lipinski definition) is 3. The van der Waals surface area contributed by atoms with Crippen molar-refractivity contribution in [2.75, 3.05) is 0 Å². The molecule has 1 radical (unpaired) electrons. The minimum atomic E-state index is 0. The summed E-state index contributed by atoms with van der Waals surface area (Å²) in [5, 5.41) is 26.3. The molecule has 3 nitrogen and oxygen atoms in total. The van der Waals surface area contributed by atoms with Crippen molar-refractivity contribution in [1.29, 1.82) is 0 Å². The maximum Gasteiger partial charge on any atom is 0.115 e. The minimum Gasteiger partial charge on any atom is -0.508 e. The molecule has 0 aromatic heterocycles. The van der Waals surface area contributed by atoms with E-state index in [1.165, 1.54) is 16.7 Å².